The Kier molecular flexibility index (Phi) is 19.4. The van der Waals surface area contributed by atoms with Gasteiger partial charge in [0.1, 0.15) is 24.2 Å². The molecule has 1 aromatic heterocycles. The first-order valence-corrected chi connectivity index (χ1v) is 25.0. The lowest BCUT2D eigenvalue weighted by Gasteiger charge is -2.36. The van der Waals surface area contributed by atoms with Gasteiger partial charge in [0.05, 0.1) is 35.9 Å². The molecule has 1 unspecified atom stereocenters. The van der Waals surface area contributed by atoms with Crippen molar-refractivity contribution in [2.45, 2.75) is 162 Å². The van der Waals surface area contributed by atoms with E-state index < -0.39 is 64.9 Å². The molecule has 0 saturated carbocycles. The lowest BCUT2D eigenvalue weighted by atomic mass is 9.85. The molecule has 1 fully saturated rings. The maximum atomic E-state index is 14.6. The number of fused-ring (bicyclic) bond motifs is 1. The zero-order valence-electron chi connectivity index (χ0n) is 43.5. The summed E-state index contributed by atoms with van der Waals surface area (Å²) in [6.07, 6.45) is 4.91. The summed E-state index contributed by atoms with van der Waals surface area (Å²) in [5.41, 5.74) is 2.27. The maximum Gasteiger partial charge on any atom is 0.246 e. The summed E-state index contributed by atoms with van der Waals surface area (Å²) >= 11 is 0. The van der Waals surface area contributed by atoms with Crippen molar-refractivity contribution in [1.29, 1.82) is 0 Å². The number of hydrogen-bond acceptors (Lipinski definition) is 11. The highest BCUT2D eigenvalue weighted by Crippen LogP contribution is 2.34. The number of rotatable bonds is 21. The molecular weight excluding hydrogens is 905 g/mol. The normalized spacial score (nSPS) is 19.4. The van der Waals surface area contributed by atoms with Gasteiger partial charge in [0, 0.05) is 38.5 Å². The monoisotopic (exact) mass is 983 g/mol. The third-order valence-electron chi connectivity index (χ3n) is 13.6. The van der Waals surface area contributed by atoms with E-state index >= 15 is 0 Å². The minimum atomic E-state index is -1.05. The van der Waals surface area contributed by atoms with Crippen LogP contribution in [0.25, 0.3) is 0 Å². The van der Waals surface area contributed by atoms with E-state index in [0.717, 1.165) is 30.4 Å². The van der Waals surface area contributed by atoms with Gasteiger partial charge in [0.25, 0.3) is 0 Å². The van der Waals surface area contributed by atoms with Gasteiger partial charge in [-0.1, -0.05) is 101 Å². The molecule has 19 heteroatoms. The smallest absolute Gasteiger partial charge is 0.246 e. The molecule has 0 bridgehead atoms. The molecule has 0 spiro atoms. The number of likely N-dealkylation sites (tertiary alicyclic amines) is 1. The van der Waals surface area contributed by atoms with Gasteiger partial charge in [-0.05, 0) is 88.1 Å². The van der Waals surface area contributed by atoms with E-state index in [9.17, 15) is 33.6 Å². The summed E-state index contributed by atoms with van der Waals surface area (Å²) in [6, 6.07) is 11.5. The van der Waals surface area contributed by atoms with E-state index in [2.05, 4.69) is 58.9 Å². The van der Waals surface area contributed by atoms with Gasteiger partial charge in [-0.3, -0.25) is 33.6 Å². The fourth-order valence-corrected chi connectivity index (χ4v) is 8.91. The van der Waals surface area contributed by atoms with Gasteiger partial charge in [0.15, 0.2) is 0 Å². The van der Waals surface area contributed by atoms with E-state index in [1.165, 1.54) is 5.56 Å². The van der Waals surface area contributed by atoms with E-state index in [-0.39, 0.29) is 80.4 Å². The maximum absolute atomic E-state index is 14.6. The minimum absolute atomic E-state index is 0.0376. The van der Waals surface area contributed by atoms with E-state index in [1.54, 1.807) is 43.7 Å². The number of amides is 7. The van der Waals surface area contributed by atoms with E-state index in [1.807, 2.05) is 97.0 Å². The van der Waals surface area contributed by atoms with Crippen LogP contribution in [-0.2, 0) is 46.4 Å². The third kappa shape index (κ3) is 15.2. The quantitative estimate of drug-likeness (QED) is 0.0771. The number of nitrogens with one attached hydrogen (secondary N) is 8. The minimum Gasteiger partial charge on any atom is -0.356 e. The molecule has 1 aliphatic carbocycles. The number of nitrogens with zero attached hydrogens (tertiary/aromatic N) is 4. The predicted octanol–water partition coefficient (Wildman–Crippen LogP) is 2.69. The van der Waals surface area contributed by atoms with Gasteiger partial charge in [0.2, 0.25) is 41.4 Å². The number of likely N-dealkylation sites (N-methyl/N-ethyl adjacent to an activating group) is 2. The van der Waals surface area contributed by atoms with Crippen LogP contribution in [0.15, 0.2) is 60.8 Å². The number of carbonyl (C=O) groups is 7. The first-order valence-electron chi connectivity index (χ1n) is 25.0. The summed E-state index contributed by atoms with van der Waals surface area (Å²) in [5, 5.41) is 32.3. The van der Waals surface area contributed by atoms with Crippen molar-refractivity contribution in [1.82, 2.24) is 62.4 Å². The summed E-state index contributed by atoms with van der Waals surface area (Å²) in [5.74, 6) is -2.66. The highest BCUT2D eigenvalue weighted by molar-refractivity contribution is 5.95. The van der Waals surface area contributed by atoms with E-state index in [4.69, 9.17) is 0 Å². The van der Waals surface area contributed by atoms with Crippen molar-refractivity contribution >= 4 is 41.4 Å². The number of hydrogen-bond donors (Lipinski definition) is 8. The van der Waals surface area contributed by atoms with Gasteiger partial charge in [-0.2, -0.15) is 0 Å². The molecular formula is C52H78N12O7. The Hall–Kier alpha value is -6.21. The van der Waals surface area contributed by atoms with Crippen LogP contribution in [0, 0.1) is 10.8 Å². The second-order valence-corrected chi connectivity index (χ2v) is 21.2. The molecule has 0 radical (unpaired) electrons. The molecule has 2 aromatic carbocycles. The Morgan fingerprint density at radius 3 is 2.00 bits per heavy atom. The van der Waals surface area contributed by atoms with Crippen molar-refractivity contribution in [3.8, 4) is 0 Å². The van der Waals surface area contributed by atoms with Crippen LogP contribution in [0.3, 0.4) is 0 Å². The van der Waals surface area contributed by atoms with Crippen LogP contribution in [0.4, 0.5) is 0 Å². The molecule has 71 heavy (non-hydrogen) atoms. The molecule has 5 rings (SSSR count). The lowest BCUT2D eigenvalue weighted by Crippen LogP contribution is -2.60. The molecule has 7 amide bonds. The van der Waals surface area contributed by atoms with Gasteiger partial charge in [-0.15, -0.1) is 5.10 Å². The summed E-state index contributed by atoms with van der Waals surface area (Å²) in [6.45, 7) is 16.5. The number of aryl methyl sites for hydroxylation is 2. The first kappa shape index (κ1) is 55.7. The zero-order valence-corrected chi connectivity index (χ0v) is 43.5. The van der Waals surface area contributed by atoms with Crippen LogP contribution in [0.5, 0.6) is 0 Å². The Balaban J connectivity index is 1.26. The van der Waals surface area contributed by atoms with Crippen LogP contribution in [0.2, 0.25) is 0 Å². The SMILES string of the molecule is CN[C@@H](C)C(=O)NC(C(=O)N[C@@H](CCNC(=O)CCc1cn([C@H]2C[C@@H](C(=O)N[C@@H]3CCCc4ccccc43)N(C(=O)[C@@H](NC(=O)[C@H](C)NC)C(C)(C)C)C2)nn1)C(=O)N[C@H](C)c1ccccc1)C(C)(C)C. The average molecular weight is 983 g/mol. The molecule has 3 aromatic rings. The molecule has 388 valence electrons. The Morgan fingerprint density at radius 1 is 0.746 bits per heavy atom. The Morgan fingerprint density at radius 2 is 1.37 bits per heavy atom. The second-order valence-electron chi connectivity index (χ2n) is 21.2. The Bertz CT molecular complexity index is 2330. The lowest BCUT2D eigenvalue weighted by molar-refractivity contribution is -0.144. The van der Waals surface area contributed by atoms with Gasteiger partial charge >= 0.3 is 0 Å². The largest absolute Gasteiger partial charge is 0.356 e. The van der Waals surface area contributed by atoms with Crippen LogP contribution >= 0.6 is 0 Å². The van der Waals surface area contributed by atoms with Crippen LogP contribution in [0.1, 0.15) is 135 Å². The van der Waals surface area contributed by atoms with Crippen molar-refractivity contribution in [3.05, 3.63) is 83.2 Å². The molecule has 1 aliphatic heterocycles. The van der Waals surface area contributed by atoms with Crippen molar-refractivity contribution in [2.75, 3.05) is 27.2 Å². The molecule has 2 heterocycles. The fourth-order valence-electron chi connectivity index (χ4n) is 8.91. The molecule has 1 saturated heterocycles. The van der Waals surface area contributed by atoms with Crippen molar-refractivity contribution in [2.24, 2.45) is 10.8 Å². The molecule has 9 atom stereocenters. The Labute approximate surface area is 418 Å². The van der Waals surface area contributed by atoms with Crippen LogP contribution in [-0.4, -0.2) is 125 Å². The zero-order chi connectivity index (χ0) is 52.2. The fraction of sp³-hybridized carbons (Fsp3) is 0.596. The number of aromatic nitrogens is 3. The summed E-state index contributed by atoms with van der Waals surface area (Å²) in [4.78, 5) is 97.5. The molecule has 8 N–H and O–H groups in total. The number of benzene rings is 2. The standard InChI is InChI=1S/C52H78N12O7/c1-31(34-18-13-12-14-19-34)56-47(68)40(58-49(70)43(51(4,5)6)59-45(66)32(2)53-10)26-27-55-42(65)25-24-36-29-64(62-61-36)37-28-41(48(69)57-39-23-17-21-35-20-15-16-22-38(35)39)63(30-37)50(71)44(52(7,8)9)60-46(67)33(3)54-11/h12-16,18-20,22,29,31-33,37,39-41,43-44,53-54H,17,21,23-28,30H2,1-11H3,(H,55,65)(H,56,68)(H,57,69)(H,58,70)(H,59,66)(H,60,67)/t31-,32+,33+,37+,39-,40+,41+,43?,44-/m1/s1. The van der Waals surface area contributed by atoms with Gasteiger partial charge < -0.3 is 47.4 Å². The summed E-state index contributed by atoms with van der Waals surface area (Å²) in [7, 11) is 3.32. The molecule has 19 nitrogen and oxygen atoms in total. The molecule has 2 aliphatic rings. The highest BCUT2D eigenvalue weighted by Gasteiger charge is 2.46. The average Bonchev–Trinajstić information content (AvgIpc) is 4.01. The van der Waals surface area contributed by atoms with Crippen LogP contribution < -0.4 is 42.5 Å². The highest BCUT2D eigenvalue weighted by atomic mass is 16.2. The van der Waals surface area contributed by atoms with Crippen molar-refractivity contribution in [3.63, 3.8) is 0 Å². The van der Waals surface area contributed by atoms with Gasteiger partial charge in [-0.25, -0.2) is 4.68 Å². The number of carbonyl (C=O) groups excluding carboxylic acids is 7. The summed E-state index contributed by atoms with van der Waals surface area (Å²) < 4.78 is 1.64. The van der Waals surface area contributed by atoms with Crippen molar-refractivity contribution < 1.29 is 33.6 Å². The topological polar surface area (TPSA) is 250 Å². The van der Waals surface area contributed by atoms with E-state index in [0.29, 0.717) is 5.69 Å². The first-order chi connectivity index (χ1) is 33.5. The predicted molar refractivity (Wildman–Crippen MR) is 270 cm³/mol. The second kappa shape index (κ2) is 24.8. The third-order valence-corrected chi connectivity index (χ3v) is 13.6.